The van der Waals surface area contributed by atoms with E-state index in [9.17, 15) is 0 Å². The third-order valence-corrected chi connectivity index (χ3v) is 16.1. The summed E-state index contributed by atoms with van der Waals surface area (Å²) in [6, 6.07) is 74.2. The van der Waals surface area contributed by atoms with Gasteiger partial charge in [0.05, 0.1) is 5.69 Å². The SMILES string of the molecule is C=CC1=C(/C=C\C)c2ccc(N(/C(C=C)=C/C=C\C)c3ccc4c(c3)sc3ccc(N(c5ccccc5)c5ccc6oc7c(N(c8ccccc8)c8ccc(-c9ccccc9)cc8)cccc7c6c5)cc34)cc2C1(C)C.C=CC=C. The summed E-state index contributed by atoms with van der Waals surface area (Å²) in [4.78, 5) is 6.98. The van der Waals surface area contributed by atoms with Gasteiger partial charge < -0.3 is 19.1 Å². The van der Waals surface area contributed by atoms with E-state index in [0.717, 1.165) is 73.1 Å². The first-order valence-corrected chi connectivity index (χ1v) is 27.9. The van der Waals surface area contributed by atoms with Crippen molar-refractivity contribution in [3.8, 4) is 11.1 Å². The molecular weight excluding hydrogens is 991 g/mol. The van der Waals surface area contributed by atoms with Crippen LogP contribution >= 0.6 is 11.3 Å². The highest BCUT2D eigenvalue weighted by atomic mass is 32.1. The largest absolute Gasteiger partial charge is 0.454 e. The number of fused-ring (bicyclic) bond motifs is 7. The molecule has 12 rings (SSSR count). The normalized spacial score (nSPS) is 13.0. The first-order valence-electron chi connectivity index (χ1n) is 27.1. The zero-order valence-electron chi connectivity index (χ0n) is 45.8. The summed E-state index contributed by atoms with van der Waals surface area (Å²) in [5, 5.41) is 4.52. The molecule has 1 aliphatic carbocycles. The van der Waals surface area contributed by atoms with E-state index in [1.807, 2.05) is 30.4 Å². The third kappa shape index (κ3) is 9.74. The number of rotatable bonds is 15. The lowest BCUT2D eigenvalue weighted by Gasteiger charge is -2.29. The smallest absolute Gasteiger partial charge is 0.159 e. The van der Waals surface area contributed by atoms with Gasteiger partial charge in [-0.3, -0.25) is 0 Å². The Morgan fingerprint density at radius 2 is 1.10 bits per heavy atom. The Balaban J connectivity index is 0.00000163. The lowest BCUT2D eigenvalue weighted by Crippen LogP contribution is -2.19. The molecule has 0 radical (unpaired) electrons. The van der Waals surface area contributed by atoms with Crippen LogP contribution < -0.4 is 14.7 Å². The van der Waals surface area contributed by atoms with Crippen molar-refractivity contribution in [2.24, 2.45) is 0 Å². The van der Waals surface area contributed by atoms with Gasteiger partial charge in [-0.1, -0.05) is 186 Å². The molecule has 0 atom stereocenters. The van der Waals surface area contributed by atoms with Gasteiger partial charge in [0.25, 0.3) is 0 Å². The van der Waals surface area contributed by atoms with E-state index < -0.39 is 0 Å². The van der Waals surface area contributed by atoms with Gasteiger partial charge in [-0.2, -0.15) is 0 Å². The van der Waals surface area contributed by atoms with Crippen LogP contribution in [0.3, 0.4) is 0 Å². The molecule has 2 heterocycles. The molecule has 0 fully saturated rings. The maximum atomic E-state index is 6.91. The molecule has 4 nitrogen and oxygen atoms in total. The Kier molecular flexibility index (Phi) is 14.9. The van der Waals surface area contributed by atoms with Crippen LogP contribution in [0.5, 0.6) is 0 Å². The van der Waals surface area contributed by atoms with Crippen LogP contribution in [0, 0.1) is 0 Å². The number of hydrogen-bond acceptors (Lipinski definition) is 5. The topological polar surface area (TPSA) is 22.9 Å². The Hall–Kier alpha value is -9.68. The molecule has 0 saturated heterocycles. The first-order chi connectivity index (χ1) is 39.2. The molecule has 80 heavy (non-hydrogen) atoms. The number of furan rings is 1. The minimum atomic E-state index is -0.209. The summed E-state index contributed by atoms with van der Waals surface area (Å²) in [5.41, 5.74) is 18.2. The van der Waals surface area contributed by atoms with E-state index in [0.29, 0.717) is 0 Å². The van der Waals surface area contributed by atoms with Crippen LogP contribution in [0.2, 0.25) is 0 Å². The number of benzene rings is 9. The molecule has 11 aromatic rings. The minimum Gasteiger partial charge on any atom is -0.454 e. The van der Waals surface area contributed by atoms with Crippen LogP contribution in [0.1, 0.15) is 38.8 Å². The van der Waals surface area contributed by atoms with Crippen molar-refractivity contribution in [3.05, 3.63) is 310 Å². The van der Waals surface area contributed by atoms with Gasteiger partial charge in [0.1, 0.15) is 5.58 Å². The molecule has 9 aromatic carbocycles. The van der Waals surface area contributed by atoms with Crippen molar-refractivity contribution in [2.45, 2.75) is 33.1 Å². The fraction of sp³-hybridized carbons (Fsp3) is 0.0667. The molecule has 5 heteroatoms. The molecular formula is C75H63N3OS. The van der Waals surface area contributed by atoms with Crippen molar-refractivity contribution in [3.63, 3.8) is 0 Å². The minimum absolute atomic E-state index is 0.209. The van der Waals surface area contributed by atoms with Gasteiger partial charge in [0.2, 0.25) is 0 Å². The van der Waals surface area contributed by atoms with Crippen LogP contribution in [0.25, 0.3) is 58.8 Å². The molecule has 1 aliphatic rings. The number of allylic oxidation sites excluding steroid dienone is 11. The Morgan fingerprint density at radius 3 is 1.76 bits per heavy atom. The van der Waals surface area contributed by atoms with Crippen LogP contribution in [-0.4, -0.2) is 0 Å². The number of anilines is 8. The molecule has 0 spiro atoms. The molecule has 0 amide bonds. The average molecular weight is 1050 g/mol. The molecule has 0 unspecified atom stereocenters. The maximum Gasteiger partial charge on any atom is 0.159 e. The third-order valence-electron chi connectivity index (χ3n) is 15.0. The second-order valence-electron chi connectivity index (χ2n) is 20.2. The van der Waals surface area contributed by atoms with E-state index in [1.165, 1.54) is 53.6 Å². The molecule has 0 saturated carbocycles. The van der Waals surface area contributed by atoms with Gasteiger partial charge in [-0.25, -0.2) is 0 Å². The van der Waals surface area contributed by atoms with E-state index in [1.54, 1.807) is 12.2 Å². The van der Waals surface area contributed by atoms with Gasteiger partial charge in [-0.05, 0) is 163 Å². The Labute approximate surface area is 474 Å². The van der Waals surface area contributed by atoms with Gasteiger partial charge >= 0.3 is 0 Å². The van der Waals surface area contributed by atoms with Gasteiger partial charge in [-0.15, -0.1) is 11.3 Å². The summed E-state index contributed by atoms with van der Waals surface area (Å²) >= 11 is 1.82. The lowest BCUT2D eigenvalue weighted by atomic mass is 9.81. The molecule has 0 aliphatic heterocycles. The number of nitrogens with zero attached hydrogens (tertiary/aromatic N) is 3. The molecule has 0 N–H and O–H groups in total. The summed E-state index contributed by atoms with van der Waals surface area (Å²) in [5.74, 6) is 0. The van der Waals surface area contributed by atoms with E-state index in [4.69, 9.17) is 4.42 Å². The zero-order chi connectivity index (χ0) is 55.3. The molecule has 390 valence electrons. The predicted molar refractivity (Wildman–Crippen MR) is 348 cm³/mol. The summed E-state index contributed by atoms with van der Waals surface area (Å²) < 4.78 is 9.34. The highest BCUT2D eigenvalue weighted by molar-refractivity contribution is 7.25. The van der Waals surface area contributed by atoms with Crippen molar-refractivity contribution in [1.29, 1.82) is 0 Å². The monoisotopic (exact) mass is 1050 g/mol. The second-order valence-corrected chi connectivity index (χ2v) is 21.3. The van der Waals surface area contributed by atoms with E-state index in [2.05, 4.69) is 298 Å². The fourth-order valence-corrected chi connectivity index (χ4v) is 12.3. The van der Waals surface area contributed by atoms with Crippen LogP contribution in [0.4, 0.5) is 45.5 Å². The number of hydrogen-bond donors (Lipinski definition) is 0. The quantitative estimate of drug-likeness (QED) is 0.0955. The molecule has 2 aromatic heterocycles. The average Bonchev–Trinajstić information content (AvgIpc) is 4.16. The van der Waals surface area contributed by atoms with Gasteiger partial charge in [0.15, 0.2) is 5.58 Å². The number of para-hydroxylation sites is 3. The Bertz CT molecular complexity index is 4240. The van der Waals surface area contributed by atoms with Crippen molar-refractivity contribution in [2.75, 3.05) is 14.7 Å². The van der Waals surface area contributed by atoms with E-state index >= 15 is 0 Å². The summed E-state index contributed by atoms with van der Waals surface area (Å²) in [6.45, 7) is 24.0. The lowest BCUT2D eigenvalue weighted by molar-refractivity contribution is 0.654. The van der Waals surface area contributed by atoms with Crippen LogP contribution in [0.15, 0.2) is 303 Å². The Morgan fingerprint density at radius 1 is 0.500 bits per heavy atom. The van der Waals surface area contributed by atoms with Crippen LogP contribution in [-0.2, 0) is 5.41 Å². The summed E-state index contributed by atoms with van der Waals surface area (Å²) in [7, 11) is 0. The highest BCUT2D eigenvalue weighted by Crippen LogP contribution is 2.51. The van der Waals surface area contributed by atoms with Crippen molar-refractivity contribution >= 4 is 105 Å². The first kappa shape index (κ1) is 52.4. The maximum absolute atomic E-state index is 6.91. The van der Waals surface area contributed by atoms with Gasteiger partial charge in [0, 0.05) is 81.9 Å². The molecule has 0 bridgehead atoms. The van der Waals surface area contributed by atoms with Crippen molar-refractivity contribution in [1.82, 2.24) is 0 Å². The predicted octanol–water partition coefficient (Wildman–Crippen LogP) is 22.5. The zero-order valence-corrected chi connectivity index (χ0v) is 46.6. The summed E-state index contributed by atoms with van der Waals surface area (Å²) in [6.07, 6.45) is 17.9. The van der Waals surface area contributed by atoms with E-state index in [-0.39, 0.29) is 5.41 Å². The highest BCUT2D eigenvalue weighted by Gasteiger charge is 2.36. The number of thiophene rings is 1. The van der Waals surface area contributed by atoms with Crippen molar-refractivity contribution < 1.29 is 4.42 Å². The fourth-order valence-electron chi connectivity index (χ4n) is 11.2. The standard InChI is InChI=1S/C71H57N3OS.C4H6/c1-7-11-25-50(9-3)72(56-36-40-59-58(22-8-2)64(10-4)71(5,6)65(59)46-56)57-37-41-60-63-45-55(39-43-68(63)76-69(60)47-57)73(51-26-17-13-18-27-51)54-38-42-67-62(44-54)61-30-21-31-66(70(61)75-67)74(52-28-19-14-20-29-52)53-34-32-49(33-35-53)48-23-15-12-16-24-48;1-3-4-2/h7-47H,3-4H2,1-2,5-6H3;3-4H,1-2H2/b11-7-,22-8-,50-25+;. The second kappa shape index (κ2) is 22.7.